The maximum absolute atomic E-state index is 13.0. The molecule has 3 aromatic rings. The van der Waals surface area contributed by atoms with Crippen LogP contribution in [0, 0.1) is 11.3 Å². The van der Waals surface area contributed by atoms with E-state index in [4.69, 9.17) is 15.7 Å². The summed E-state index contributed by atoms with van der Waals surface area (Å²) in [5, 5.41) is 10.7. The third-order valence-electron chi connectivity index (χ3n) is 5.20. The van der Waals surface area contributed by atoms with E-state index in [1.165, 1.54) is 18.7 Å². The van der Waals surface area contributed by atoms with Crippen LogP contribution >= 0.6 is 11.8 Å². The maximum Gasteiger partial charge on any atom is 0.316 e. The van der Waals surface area contributed by atoms with E-state index in [-0.39, 0.29) is 22.8 Å². The van der Waals surface area contributed by atoms with E-state index in [9.17, 15) is 14.4 Å². The third-order valence-corrected chi connectivity index (χ3v) is 6.25. The van der Waals surface area contributed by atoms with Crippen molar-refractivity contribution in [1.82, 2.24) is 0 Å². The average Bonchev–Trinajstić information content (AvgIpc) is 2.80. The van der Waals surface area contributed by atoms with Crippen molar-refractivity contribution >= 4 is 40.1 Å². The van der Waals surface area contributed by atoms with E-state index in [2.05, 4.69) is 0 Å². The number of esters is 1. The minimum Gasteiger partial charge on any atom is -0.457 e. The van der Waals surface area contributed by atoms with Gasteiger partial charge in [0, 0.05) is 27.1 Å². The Kier molecular flexibility index (Phi) is 5.80. The molecule has 0 bridgehead atoms. The van der Waals surface area contributed by atoms with Crippen molar-refractivity contribution < 1.29 is 19.1 Å². The predicted molar refractivity (Wildman–Crippen MR) is 122 cm³/mol. The summed E-state index contributed by atoms with van der Waals surface area (Å²) in [4.78, 5) is 37.9. The largest absolute Gasteiger partial charge is 0.457 e. The zero-order chi connectivity index (χ0) is 22.8. The Hall–Kier alpha value is -3.89. The highest BCUT2D eigenvalue weighted by Crippen LogP contribution is 2.42. The fourth-order valence-corrected chi connectivity index (χ4v) is 4.59. The van der Waals surface area contributed by atoms with Crippen molar-refractivity contribution in [3.8, 4) is 17.2 Å². The van der Waals surface area contributed by atoms with Crippen LogP contribution in [-0.2, 0) is 14.3 Å². The number of ether oxygens (including phenoxy) is 1. The summed E-state index contributed by atoms with van der Waals surface area (Å²) >= 11 is 1.27. The Bertz CT molecular complexity index is 1360. The zero-order valence-corrected chi connectivity index (χ0v) is 18.0. The van der Waals surface area contributed by atoms with Gasteiger partial charge < -0.3 is 10.5 Å². The number of carbonyl (C=O) groups is 3. The number of fused-ring (bicyclic) bond motifs is 2. The lowest BCUT2D eigenvalue weighted by molar-refractivity contribution is -0.144. The number of nitrogens with two attached hydrogens (primary N) is 1. The van der Waals surface area contributed by atoms with Crippen molar-refractivity contribution in [2.75, 3.05) is 12.4 Å². The topological polar surface area (TPSA) is 110 Å². The van der Waals surface area contributed by atoms with Gasteiger partial charge in [0.05, 0.1) is 5.75 Å². The van der Waals surface area contributed by atoms with E-state index in [0.29, 0.717) is 11.1 Å². The summed E-state index contributed by atoms with van der Waals surface area (Å²) in [7, 11) is 0. The number of hydrogen-bond donors (Lipinski definition) is 1. The molecule has 0 amide bonds. The van der Waals surface area contributed by atoms with Crippen molar-refractivity contribution in [3.05, 3.63) is 77.0 Å². The van der Waals surface area contributed by atoms with Crippen LogP contribution in [-0.4, -0.2) is 29.9 Å². The Morgan fingerprint density at radius 1 is 1.00 bits per heavy atom. The molecule has 6 nitrogen and oxygen atoms in total. The van der Waals surface area contributed by atoms with E-state index < -0.39 is 18.4 Å². The van der Waals surface area contributed by atoms with Gasteiger partial charge in [-0.05, 0) is 29.5 Å². The van der Waals surface area contributed by atoms with Gasteiger partial charge in [0.15, 0.2) is 12.4 Å². The van der Waals surface area contributed by atoms with Gasteiger partial charge in [-0.2, -0.15) is 5.26 Å². The lowest BCUT2D eigenvalue weighted by Crippen LogP contribution is -2.18. The van der Waals surface area contributed by atoms with Crippen LogP contribution in [0.15, 0.2) is 70.8 Å². The standard InChI is InChI=1S/C25H18N2O4S/c1-14(27)20(11-26)21(28)12-31-23(29)13-32-22-10-9-16-15-5-2-3-6-17(15)25(30)19-8-4-7-18(22)24(16)19/h2-10H,12-13,27H2,1H3/b20-14-. The molecule has 0 radical (unpaired) electrons. The number of allylic oxidation sites excluding steroid dienone is 1. The van der Waals surface area contributed by atoms with Gasteiger partial charge in [-0.3, -0.25) is 14.4 Å². The van der Waals surface area contributed by atoms with Gasteiger partial charge in [-0.15, -0.1) is 11.8 Å². The molecule has 3 aromatic carbocycles. The first-order valence-electron chi connectivity index (χ1n) is 9.80. The number of ketones is 2. The lowest BCUT2D eigenvalue weighted by Gasteiger charge is -2.21. The quantitative estimate of drug-likeness (QED) is 0.208. The molecule has 32 heavy (non-hydrogen) atoms. The zero-order valence-electron chi connectivity index (χ0n) is 17.2. The van der Waals surface area contributed by atoms with Crippen LogP contribution in [0.3, 0.4) is 0 Å². The molecule has 0 aliphatic heterocycles. The summed E-state index contributed by atoms with van der Waals surface area (Å²) < 4.78 is 5.01. The second kappa shape index (κ2) is 8.69. The molecule has 0 heterocycles. The Morgan fingerprint density at radius 2 is 1.72 bits per heavy atom. The third kappa shape index (κ3) is 3.77. The molecule has 158 valence electrons. The van der Waals surface area contributed by atoms with Gasteiger partial charge in [0.1, 0.15) is 11.6 Å². The van der Waals surface area contributed by atoms with E-state index >= 15 is 0 Å². The summed E-state index contributed by atoms with van der Waals surface area (Å²) in [6, 6.07) is 18.7. The number of Topliss-reactive ketones (excluding diaryl/α,β-unsaturated/α-hetero) is 1. The molecule has 0 saturated heterocycles. The summed E-state index contributed by atoms with van der Waals surface area (Å²) in [6.45, 7) is 0.904. The van der Waals surface area contributed by atoms with Crippen molar-refractivity contribution in [1.29, 1.82) is 5.26 Å². The molecule has 1 aliphatic rings. The normalized spacial score (nSPS) is 12.6. The molecular weight excluding hydrogens is 424 g/mol. The van der Waals surface area contributed by atoms with Crippen LogP contribution in [0.25, 0.3) is 21.9 Å². The molecule has 0 aromatic heterocycles. The van der Waals surface area contributed by atoms with Gasteiger partial charge in [0.2, 0.25) is 5.78 Å². The molecule has 7 heteroatoms. The maximum atomic E-state index is 13.0. The van der Waals surface area contributed by atoms with Gasteiger partial charge in [0.25, 0.3) is 0 Å². The Morgan fingerprint density at radius 3 is 2.44 bits per heavy atom. The van der Waals surface area contributed by atoms with E-state index in [0.717, 1.165) is 26.8 Å². The SMILES string of the molecule is C/C(N)=C(\C#N)C(=O)COC(=O)CSc1ccc2c3c(cccc13)C(=O)c1ccccc1-2. The lowest BCUT2D eigenvalue weighted by atomic mass is 9.83. The van der Waals surface area contributed by atoms with Crippen molar-refractivity contribution in [2.45, 2.75) is 11.8 Å². The molecule has 0 unspecified atom stereocenters. The molecular formula is C25H18N2O4S. The Balaban J connectivity index is 1.55. The number of nitriles is 1. The van der Waals surface area contributed by atoms with Crippen LogP contribution in [0.5, 0.6) is 0 Å². The van der Waals surface area contributed by atoms with Gasteiger partial charge >= 0.3 is 5.97 Å². The summed E-state index contributed by atoms with van der Waals surface area (Å²) in [6.07, 6.45) is 0. The van der Waals surface area contributed by atoms with Gasteiger partial charge in [-0.25, -0.2) is 0 Å². The highest BCUT2D eigenvalue weighted by molar-refractivity contribution is 8.00. The number of nitrogens with zero attached hydrogens (tertiary/aromatic N) is 1. The molecule has 0 atom stereocenters. The monoisotopic (exact) mass is 442 g/mol. The van der Waals surface area contributed by atoms with Gasteiger partial charge in [-0.1, -0.05) is 48.5 Å². The summed E-state index contributed by atoms with van der Waals surface area (Å²) in [5.74, 6) is -1.26. The first-order chi connectivity index (χ1) is 15.4. The number of carbonyl (C=O) groups excluding carboxylic acids is 3. The molecule has 1 aliphatic carbocycles. The molecule has 0 saturated carbocycles. The average molecular weight is 442 g/mol. The molecule has 0 spiro atoms. The Labute approximate surface area is 188 Å². The minimum absolute atomic E-state index is 0.0182. The van der Waals surface area contributed by atoms with Crippen LogP contribution < -0.4 is 5.73 Å². The molecule has 0 fully saturated rings. The second-order valence-corrected chi connectivity index (χ2v) is 8.27. The molecule has 4 rings (SSSR count). The number of hydrogen-bond acceptors (Lipinski definition) is 7. The fraction of sp³-hybridized carbons (Fsp3) is 0.120. The smallest absolute Gasteiger partial charge is 0.316 e. The number of benzene rings is 3. The minimum atomic E-state index is -0.635. The second-order valence-electron chi connectivity index (χ2n) is 7.26. The summed E-state index contributed by atoms with van der Waals surface area (Å²) in [5.41, 5.74) is 8.56. The highest BCUT2D eigenvalue weighted by Gasteiger charge is 2.25. The van der Waals surface area contributed by atoms with E-state index in [1.54, 1.807) is 6.07 Å². The van der Waals surface area contributed by atoms with Crippen LogP contribution in [0.4, 0.5) is 0 Å². The highest BCUT2D eigenvalue weighted by atomic mass is 32.2. The van der Waals surface area contributed by atoms with E-state index in [1.807, 2.05) is 54.6 Å². The predicted octanol–water partition coefficient (Wildman–Crippen LogP) is 4.01. The van der Waals surface area contributed by atoms with Crippen LogP contribution in [0.1, 0.15) is 22.8 Å². The van der Waals surface area contributed by atoms with Crippen molar-refractivity contribution in [2.24, 2.45) is 5.73 Å². The fourth-order valence-electron chi connectivity index (χ4n) is 3.75. The van der Waals surface area contributed by atoms with Crippen LogP contribution in [0.2, 0.25) is 0 Å². The molecule has 2 N–H and O–H groups in total. The number of rotatable bonds is 6. The number of thioether (sulfide) groups is 1. The van der Waals surface area contributed by atoms with Crippen molar-refractivity contribution in [3.63, 3.8) is 0 Å². The first-order valence-corrected chi connectivity index (χ1v) is 10.8. The first kappa shape index (κ1) is 21.3.